The van der Waals surface area contributed by atoms with Crippen LogP contribution in [0.15, 0.2) is 18.2 Å². The molecule has 1 amide bonds. The Balaban J connectivity index is 1.95. The molecule has 0 saturated carbocycles. The van der Waals surface area contributed by atoms with Crippen molar-refractivity contribution in [2.45, 2.75) is 51.7 Å². The third-order valence-corrected chi connectivity index (χ3v) is 5.15. The molecular formula is C17H23BFNO3. The van der Waals surface area contributed by atoms with E-state index >= 15 is 0 Å². The van der Waals surface area contributed by atoms with Crippen molar-refractivity contribution >= 4 is 18.5 Å². The van der Waals surface area contributed by atoms with Crippen molar-refractivity contribution in [3.8, 4) is 0 Å². The number of amides is 1. The summed E-state index contributed by atoms with van der Waals surface area (Å²) < 4.78 is 25.8. The predicted molar refractivity (Wildman–Crippen MR) is 87.3 cm³/mol. The standard InChI is InChI=1S/C17H23BFNO3/c1-16(2)17(3,4)23-18(22-16)14-8-7-12(19)11-13(14)15(21)20-9-5-6-10-20/h7-8,11H,5-6,9-10H2,1-4H3. The fourth-order valence-corrected chi connectivity index (χ4v) is 2.98. The van der Waals surface area contributed by atoms with Crippen molar-refractivity contribution in [1.82, 2.24) is 4.90 Å². The maximum Gasteiger partial charge on any atom is 0.495 e. The van der Waals surface area contributed by atoms with Crippen LogP contribution in [0.5, 0.6) is 0 Å². The Morgan fingerprint density at radius 2 is 1.70 bits per heavy atom. The lowest BCUT2D eigenvalue weighted by Crippen LogP contribution is -2.41. The third-order valence-electron chi connectivity index (χ3n) is 5.15. The minimum Gasteiger partial charge on any atom is -0.399 e. The van der Waals surface area contributed by atoms with E-state index in [1.807, 2.05) is 27.7 Å². The zero-order valence-corrected chi connectivity index (χ0v) is 14.2. The van der Waals surface area contributed by atoms with E-state index in [2.05, 4.69) is 0 Å². The zero-order valence-electron chi connectivity index (χ0n) is 14.2. The zero-order chi connectivity index (χ0) is 16.8. The summed E-state index contributed by atoms with van der Waals surface area (Å²) in [5, 5.41) is 0. The van der Waals surface area contributed by atoms with Crippen molar-refractivity contribution in [2.75, 3.05) is 13.1 Å². The van der Waals surface area contributed by atoms with Gasteiger partial charge in [0, 0.05) is 18.7 Å². The number of hydrogen-bond acceptors (Lipinski definition) is 3. The van der Waals surface area contributed by atoms with Gasteiger partial charge in [-0.3, -0.25) is 4.79 Å². The minimum atomic E-state index is -0.665. The monoisotopic (exact) mass is 319 g/mol. The summed E-state index contributed by atoms with van der Waals surface area (Å²) in [5.74, 6) is -0.570. The van der Waals surface area contributed by atoms with Crippen LogP contribution in [-0.4, -0.2) is 42.2 Å². The molecular weight excluding hydrogens is 296 g/mol. The highest BCUT2D eigenvalue weighted by Crippen LogP contribution is 2.36. The second-order valence-electron chi connectivity index (χ2n) is 7.32. The number of likely N-dealkylation sites (tertiary alicyclic amines) is 1. The lowest BCUT2D eigenvalue weighted by molar-refractivity contribution is 0.00578. The Morgan fingerprint density at radius 1 is 1.13 bits per heavy atom. The SMILES string of the molecule is CC1(C)OB(c2ccc(F)cc2C(=O)N2CCCC2)OC1(C)C. The quantitative estimate of drug-likeness (QED) is 0.786. The molecule has 0 bridgehead atoms. The van der Waals surface area contributed by atoms with Crippen LogP contribution in [0.3, 0.4) is 0 Å². The van der Waals surface area contributed by atoms with Crippen LogP contribution in [0.4, 0.5) is 4.39 Å². The van der Waals surface area contributed by atoms with E-state index in [1.54, 1.807) is 11.0 Å². The van der Waals surface area contributed by atoms with Crippen LogP contribution >= 0.6 is 0 Å². The molecule has 6 heteroatoms. The summed E-state index contributed by atoms with van der Waals surface area (Å²) in [4.78, 5) is 14.5. The molecule has 4 nitrogen and oxygen atoms in total. The Labute approximate surface area is 137 Å². The maximum atomic E-state index is 13.7. The van der Waals surface area contributed by atoms with E-state index in [9.17, 15) is 9.18 Å². The van der Waals surface area contributed by atoms with E-state index in [0.717, 1.165) is 25.9 Å². The van der Waals surface area contributed by atoms with Crippen LogP contribution in [0.1, 0.15) is 50.9 Å². The van der Waals surface area contributed by atoms with Crippen LogP contribution in [0, 0.1) is 5.82 Å². The van der Waals surface area contributed by atoms with Gasteiger partial charge < -0.3 is 14.2 Å². The summed E-state index contributed by atoms with van der Waals surface area (Å²) in [6.07, 6.45) is 1.99. The first-order valence-corrected chi connectivity index (χ1v) is 8.16. The molecule has 2 saturated heterocycles. The second-order valence-corrected chi connectivity index (χ2v) is 7.32. The summed E-state index contributed by atoms with van der Waals surface area (Å²) in [6, 6.07) is 4.24. The van der Waals surface area contributed by atoms with Gasteiger partial charge in [0.2, 0.25) is 0 Å². The first-order chi connectivity index (χ1) is 10.7. The fourth-order valence-electron chi connectivity index (χ4n) is 2.98. The number of benzene rings is 1. The molecule has 23 heavy (non-hydrogen) atoms. The van der Waals surface area contributed by atoms with Gasteiger partial charge >= 0.3 is 7.12 Å². The van der Waals surface area contributed by atoms with Crippen LogP contribution in [0.2, 0.25) is 0 Å². The fraction of sp³-hybridized carbons (Fsp3) is 0.588. The van der Waals surface area contributed by atoms with Gasteiger partial charge in [-0.1, -0.05) is 6.07 Å². The lowest BCUT2D eigenvalue weighted by Gasteiger charge is -2.32. The van der Waals surface area contributed by atoms with Gasteiger partial charge in [0.05, 0.1) is 11.2 Å². The molecule has 2 fully saturated rings. The topological polar surface area (TPSA) is 38.8 Å². The van der Waals surface area contributed by atoms with E-state index in [-0.39, 0.29) is 5.91 Å². The number of halogens is 1. The molecule has 0 N–H and O–H groups in total. The lowest BCUT2D eigenvalue weighted by atomic mass is 9.75. The van der Waals surface area contributed by atoms with Crippen molar-refractivity contribution in [1.29, 1.82) is 0 Å². The largest absolute Gasteiger partial charge is 0.495 e. The van der Waals surface area contributed by atoms with Gasteiger partial charge in [-0.2, -0.15) is 0 Å². The van der Waals surface area contributed by atoms with Crippen molar-refractivity contribution in [3.63, 3.8) is 0 Å². The number of hydrogen-bond donors (Lipinski definition) is 0. The van der Waals surface area contributed by atoms with E-state index in [4.69, 9.17) is 9.31 Å². The Bertz CT molecular complexity index is 610. The summed E-state index contributed by atoms with van der Waals surface area (Å²) >= 11 is 0. The Hall–Kier alpha value is -1.40. The molecule has 2 heterocycles. The molecule has 0 unspecified atom stereocenters. The first-order valence-electron chi connectivity index (χ1n) is 8.16. The van der Waals surface area contributed by atoms with Gasteiger partial charge in [0.25, 0.3) is 5.91 Å². The van der Waals surface area contributed by atoms with Crippen molar-refractivity contribution in [3.05, 3.63) is 29.6 Å². The van der Waals surface area contributed by atoms with Crippen LogP contribution < -0.4 is 5.46 Å². The molecule has 3 rings (SSSR count). The molecule has 0 spiro atoms. The number of rotatable bonds is 2. The molecule has 2 aliphatic rings. The van der Waals surface area contributed by atoms with Gasteiger partial charge in [0.15, 0.2) is 0 Å². The van der Waals surface area contributed by atoms with Crippen LogP contribution in [0.25, 0.3) is 0 Å². The molecule has 124 valence electrons. The third kappa shape index (κ3) is 2.90. The Morgan fingerprint density at radius 3 is 2.26 bits per heavy atom. The molecule has 0 radical (unpaired) electrons. The van der Waals surface area contributed by atoms with E-state index in [0.29, 0.717) is 11.0 Å². The average Bonchev–Trinajstić information content (AvgIpc) is 3.05. The molecule has 0 atom stereocenters. The highest BCUT2D eigenvalue weighted by atomic mass is 19.1. The summed E-state index contributed by atoms with van der Waals surface area (Å²) in [7, 11) is -0.665. The number of carbonyl (C=O) groups is 1. The maximum absolute atomic E-state index is 13.7. The number of carbonyl (C=O) groups excluding carboxylic acids is 1. The summed E-state index contributed by atoms with van der Waals surface area (Å²) in [6.45, 7) is 9.27. The molecule has 0 aliphatic carbocycles. The van der Waals surface area contributed by atoms with E-state index in [1.165, 1.54) is 12.1 Å². The predicted octanol–water partition coefficient (Wildman–Crippen LogP) is 2.36. The Kier molecular flexibility index (Phi) is 4.01. The number of nitrogens with zero attached hydrogens (tertiary/aromatic N) is 1. The van der Waals surface area contributed by atoms with Gasteiger partial charge in [0.1, 0.15) is 5.82 Å². The van der Waals surface area contributed by atoms with E-state index < -0.39 is 24.1 Å². The van der Waals surface area contributed by atoms with Crippen molar-refractivity contribution in [2.24, 2.45) is 0 Å². The normalized spacial score (nSPS) is 22.7. The molecule has 1 aromatic carbocycles. The highest BCUT2D eigenvalue weighted by molar-refractivity contribution is 6.63. The smallest absolute Gasteiger partial charge is 0.399 e. The molecule has 0 aromatic heterocycles. The highest BCUT2D eigenvalue weighted by Gasteiger charge is 2.52. The van der Waals surface area contributed by atoms with Gasteiger partial charge in [-0.25, -0.2) is 4.39 Å². The first kappa shape index (κ1) is 16.5. The van der Waals surface area contributed by atoms with Gasteiger partial charge in [-0.15, -0.1) is 0 Å². The van der Waals surface area contributed by atoms with Crippen LogP contribution in [-0.2, 0) is 9.31 Å². The average molecular weight is 319 g/mol. The molecule has 2 aliphatic heterocycles. The summed E-state index contributed by atoms with van der Waals surface area (Å²) in [5.41, 5.74) is -0.0626. The van der Waals surface area contributed by atoms with Gasteiger partial charge in [-0.05, 0) is 58.1 Å². The second kappa shape index (κ2) is 5.60. The molecule has 1 aromatic rings. The minimum absolute atomic E-state index is 0.147. The van der Waals surface area contributed by atoms with Crippen molar-refractivity contribution < 1.29 is 18.5 Å².